The molecule has 1 saturated heterocycles. The van der Waals surface area contributed by atoms with Gasteiger partial charge in [0.15, 0.2) is 0 Å². The molecule has 290 valence electrons. The average Bonchev–Trinajstić information content (AvgIpc) is 3.90. The van der Waals surface area contributed by atoms with E-state index in [9.17, 15) is 32.4 Å². The first-order valence-electron chi connectivity index (χ1n) is 19.1. The van der Waals surface area contributed by atoms with Crippen LogP contribution in [0.1, 0.15) is 91.4 Å². The number of urea groups is 1. The summed E-state index contributed by atoms with van der Waals surface area (Å²) in [6, 6.07) is -4.11. The summed E-state index contributed by atoms with van der Waals surface area (Å²) in [5.74, 6) is -0.267. The molecular weight excluding hydrogens is 697 g/mol. The maximum Gasteiger partial charge on any atom is 0.315 e. The first-order valence-corrected chi connectivity index (χ1v) is 20.5. The van der Waals surface area contributed by atoms with Crippen molar-refractivity contribution >= 4 is 39.6 Å². The molecule has 0 aromatic heterocycles. The maximum atomic E-state index is 14.7. The molecule has 3 fully saturated rings. The standard InChI is InChI=1S/C39H56N6O7S/c1-6-8-19-29(34(46)36(48)40-21-7-2)41-35(47)33-28-18-12-16-26(28)23-45(33)37(49)32(25-14-10-9-11-15-25)43-38(50)42-31(39(3,4)5)24-44-22-27-17-13-20-30(27)53(44,51)52/h1,7,13,20,25-26,28-29,31-33H,2,8-12,14-19,21-24H2,3-5H3,(H,40,48)(H,41,47)(H2,42,43,50)/t26-,28-,29?,31+,32-,33-/m0/s1. The van der Waals surface area contributed by atoms with Crippen molar-refractivity contribution < 1.29 is 32.4 Å². The van der Waals surface area contributed by atoms with Crippen LogP contribution in [-0.4, -0.2) is 97.5 Å². The number of hydrogen-bond acceptors (Lipinski definition) is 7. The Bertz CT molecular complexity index is 1670. The lowest BCUT2D eigenvalue weighted by molar-refractivity contribution is -0.144. The molecule has 1 unspecified atom stereocenters. The van der Waals surface area contributed by atoms with E-state index in [-0.39, 0.29) is 56.1 Å². The predicted molar refractivity (Wildman–Crippen MR) is 201 cm³/mol. The highest BCUT2D eigenvalue weighted by molar-refractivity contribution is 7.93. The molecule has 14 heteroatoms. The van der Waals surface area contributed by atoms with Gasteiger partial charge in [0.2, 0.25) is 27.6 Å². The van der Waals surface area contributed by atoms with E-state index >= 15 is 0 Å². The Kier molecular flexibility index (Phi) is 12.9. The van der Waals surface area contributed by atoms with Crippen LogP contribution in [0.5, 0.6) is 0 Å². The van der Waals surface area contributed by atoms with Gasteiger partial charge in [-0.3, -0.25) is 19.2 Å². The molecule has 0 aromatic rings. The summed E-state index contributed by atoms with van der Waals surface area (Å²) >= 11 is 0. The van der Waals surface area contributed by atoms with E-state index in [0.717, 1.165) is 56.9 Å². The second-order valence-corrected chi connectivity index (χ2v) is 18.1. The summed E-state index contributed by atoms with van der Waals surface area (Å²) in [5.41, 5.74) is 0.327. The molecule has 53 heavy (non-hydrogen) atoms. The van der Waals surface area contributed by atoms with Crippen molar-refractivity contribution in [3.05, 3.63) is 35.3 Å². The Morgan fingerprint density at radius 1 is 1.04 bits per heavy atom. The second kappa shape index (κ2) is 17.0. The Morgan fingerprint density at radius 2 is 1.77 bits per heavy atom. The zero-order chi connectivity index (χ0) is 38.5. The van der Waals surface area contributed by atoms with Gasteiger partial charge in [-0.25, -0.2) is 13.2 Å². The third-order valence-electron chi connectivity index (χ3n) is 11.7. The van der Waals surface area contributed by atoms with Crippen LogP contribution in [-0.2, 0) is 29.2 Å². The molecule has 5 amide bonds. The fourth-order valence-corrected chi connectivity index (χ4v) is 10.4. The average molecular weight is 753 g/mol. The third-order valence-corrected chi connectivity index (χ3v) is 13.6. The fourth-order valence-electron chi connectivity index (χ4n) is 8.68. The van der Waals surface area contributed by atoms with Crippen molar-refractivity contribution in [2.24, 2.45) is 23.2 Å². The summed E-state index contributed by atoms with van der Waals surface area (Å²) in [5, 5.41) is 11.3. The summed E-state index contributed by atoms with van der Waals surface area (Å²) in [6.07, 6.45) is 18.0. The number of fused-ring (bicyclic) bond motifs is 1. The molecule has 0 bridgehead atoms. The Morgan fingerprint density at radius 3 is 2.43 bits per heavy atom. The van der Waals surface area contributed by atoms with Gasteiger partial charge in [-0.1, -0.05) is 58.6 Å². The van der Waals surface area contributed by atoms with E-state index in [0.29, 0.717) is 17.9 Å². The summed E-state index contributed by atoms with van der Waals surface area (Å²) < 4.78 is 28.0. The summed E-state index contributed by atoms with van der Waals surface area (Å²) in [7, 11) is -3.67. The number of carbonyl (C=O) groups excluding carboxylic acids is 5. The molecule has 5 rings (SSSR count). The number of carbonyl (C=O) groups is 5. The van der Waals surface area contributed by atoms with Crippen LogP contribution in [0.25, 0.3) is 0 Å². The molecule has 4 N–H and O–H groups in total. The number of allylic oxidation sites excluding steroid dienone is 2. The van der Waals surface area contributed by atoms with Gasteiger partial charge in [-0.2, -0.15) is 4.31 Å². The number of nitrogens with zero attached hydrogens (tertiary/aromatic N) is 2. The number of Topliss-reactive ketones (excluding diaryl/α,β-unsaturated/α-hetero) is 1. The molecule has 0 aromatic carbocycles. The summed E-state index contributed by atoms with van der Waals surface area (Å²) in [4.78, 5) is 70.5. The van der Waals surface area contributed by atoms with Crippen molar-refractivity contribution in [1.82, 2.24) is 30.5 Å². The number of nitrogens with one attached hydrogen (secondary N) is 4. The molecule has 2 heterocycles. The fraction of sp³-hybridized carbons (Fsp3) is 0.667. The van der Waals surface area contributed by atoms with Crippen molar-refractivity contribution in [1.29, 1.82) is 0 Å². The van der Waals surface area contributed by atoms with Crippen molar-refractivity contribution in [2.45, 2.75) is 116 Å². The first kappa shape index (κ1) is 40.2. The van der Waals surface area contributed by atoms with E-state index in [4.69, 9.17) is 6.42 Å². The van der Waals surface area contributed by atoms with Crippen LogP contribution >= 0.6 is 0 Å². The van der Waals surface area contributed by atoms with Crippen molar-refractivity contribution in [3.63, 3.8) is 0 Å². The molecule has 0 spiro atoms. The minimum absolute atomic E-state index is 0.0623. The number of rotatable bonds is 14. The van der Waals surface area contributed by atoms with Gasteiger partial charge in [0.05, 0.1) is 10.9 Å². The topological polar surface area (TPSA) is 174 Å². The SMILES string of the molecule is C#CCCC(NC(=O)[C@@H]1[C@H]2CCC[C@H]2CN1C(=O)[C@@H](NC(=O)N[C@H](CN1CC2=C(C=CC2)S1(=O)=O)C(C)(C)C)C1CCCCC1)C(=O)C(=O)NCC=C. The van der Waals surface area contributed by atoms with E-state index in [1.807, 2.05) is 26.8 Å². The van der Waals surface area contributed by atoms with Gasteiger partial charge >= 0.3 is 6.03 Å². The monoisotopic (exact) mass is 752 g/mol. The van der Waals surface area contributed by atoms with Crippen LogP contribution in [0.3, 0.4) is 0 Å². The van der Waals surface area contributed by atoms with E-state index in [1.165, 1.54) is 10.4 Å². The maximum absolute atomic E-state index is 14.7. The molecule has 13 nitrogen and oxygen atoms in total. The Labute approximate surface area is 314 Å². The number of sulfonamides is 1. The van der Waals surface area contributed by atoms with E-state index < -0.39 is 63.2 Å². The minimum atomic E-state index is -3.67. The number of ketones is 1. The molecular formula is C39H56N6O7S. The highest BCUT2D eigenvalue weighted by Crippen LogP contribution is 2.43. The lowest BCUT2D eigenvalue weighted by Gasteiger charge is -2.37. The third kappa shape index (κ3) is 9.06. The van der Waals surface area contributed by atoms with Crippen molar-refractivity contribution in [2.75, 3.05) is 26.2 Å². The Balaban J connectivity index is 1.35. The van der Waals surface area contributed by atoms with Crippen LogP contribution in [0.2, 0.25) is 0 Å². The van der Waals surface area contributed by atoms with Gasteiger partial charge < -0.3 is 26.2 Å². The highest BCUT2D eigenvalue weighted by Gasteiger charge is 2.52. The molecule has 0 radical (unpaired) electrons. The van der Waals surface area contributed by atoms with Crippen LogP contribution < -0.4 is 21.3 Å². The van der Waals surface area contributed by atoms with Gasteiger partial charge in [-0.05, 0) is 73.3 Å². The normalized spacial score (nSPS) is 25.5. The highest BCUT2D eigenvalue weighted by atomic mass is 32.2. The first-order chi connectivity index (χ1) is 25.2. The summed E-state index contributed by atoms with van der Waals surface area (Å²) in [6.45, 7) is 10.1. The quantitative estimate of drug-likeness (QED) is 0.120. The zero-order valence-electron chi connectivity index (χ0n) is 31.3. The lowest BCUT2D eigenvalue weighted by Crippen LogP contribution is -2.61. The predicted octanol–water partition coefficient (Wildman–Crippen LogP) is 2.91. The van der Waals surface area contributed by atoms with Crippen LogP contribution in [0.15, 0.2) is 35.3 Å². The number of likely N-dealkylation sites (tertiary alicyclic amines) is 1. The largest absolute Gasteiger partial charge is 0.346 e. The van der Waals surface area contributed by atoms with Gasteiger partial charge in [0.1, 0.15) is 12.1 Å². The molecule has 5 aliphatic rings. The zero-order valence-corrected chi connectivity index (χ0v) is 32.1. The second-order valence-electron chi connectivity index (χ2n) is 16.2. The number of terminal acetylenes is 1. The van der Waals surface area contributed by atoms with E-state index in [2.05, 4.69) is 33.8 Å². The smallest absolute Gasteiger partial charge is 0.315 e. The molecule has 2 aliphatic heterocycles. The van der Waals surface area contributed by atoms with Crippen LogP contribution in [0, 0.1) is 35.5 Å². The van der Waals surface area contributed by atoms with Gasteiger partial charge in [-0.15, -0.1) is 18.9 Å². The molecule has 2 saturated carbocycles. The molecule has 6 atom stereocenters. The van der Waals surface area contributed by atoms with Crippen molar-refractivity contribution in [3.8, 4) is 12.3 Å². The minimum Gasteiger partial charge on any atom is -0.346 e. The Hall–Kier alpha value is -3.96. The van der Waals surface area contributed by atoms with E-state index in [1.54, 1.807) is 11.0 Å². The van der Waals surface area contributed by atoms with Crippen LogP contribution in [0.4, 0.5) is 4.79 Å². The molecule has 3 aliphatic carbocycles. The number of amides is 5. The lowest BCUT2D eigenvalue weighted by atomic mass is 9.83. The van der Waals surface area contributed by atoms with Gasteiger partial charge in [0, 0.05) is 38.6 Å². The van der Waals surface area contributed by atoms with Gasteiger partial charge in [0.25, 0.3) is 5.91 Å². The number of hydrogen-bond donors (Lipinski definition) is 4.